The smallest absolute Gasteiger partial charge is 0.206 e. The van der Waals surface area contributed by atoms with E-state index in [9.17, 15) is 8.42 Å². The maximum Gasteiger partial charge on any atom is 0.206 e. The van der Waals surface area contributed by atoms with Crippen LogP contribution < -0.4 is 10.5 Å². The molecule has 0 unspecified atom stereocenters. The third-order valence-corrected chi connectivity index (χ3v) is 4.33. The molecule has 0 aliphatic rings. The van der Waals surface area contributed by atoms with Crippen LogP contribution in [0.25, 0.3) is 0 Å². The number of rotatable bonds is 3. The van der Waals surface area contributed by atoms with Crippen LogP contribution in [0.15, 0.2) is 58.3 Å². The number of sulfone groups is 1. The first-order chi connectivity index (χ1) is 8.55. The molecule has 2 aromatic rings. The fourth-order valence-corrected chi connectivity index (χ4v) is 2.93. The van der Waals surface area contributed by atoms with E-state index in [-0.39, 0.29) is 9.79 Å². The molecule has 2 aromatic carbocycles. The van der Waals surface area contributed by atoms with E-state index in [1.165, 1.54) is 19.2 Å². The van der Waals surface area contributed by atoms with Crippen molar-refractivity contribution in [1.82, 2.24) is 0 Å². The van der Waals surface area contributed by atoms with Gasteiger partial charge in [0.15, 0.2) is 0 Å². The number of hydrogen-bond donors (Lipinski definition) is 1. The second-order valence-corrected chi connectivity index (χ2v) is 5.67. The van der Waals surface area contributed by atoms with E-state index in [1.54, 1.807) is 36.4 Å². The molecule has 2 rings (SSSR count). The molecule has 0 aliphatic heterocycles. The summed E-state index contributed by atoms with van der Waals surface area (Å²) in [5.41, 5.74) is 6.02. The van der Waals surface area contributed by atoms with Crippen LogP contribution in [0.3, 0.4) is 0 Å². The number of hydrogen-bond acceptors (Lipinski definition) is 4. The summed E-state index contributed by atoms with van der Waals surface area (Å²) in [5.74, 6) is 0.460. The molecule has 0 spiro atoms. The van der Waals surface area contributed by atoms with Gasteiger partial charge in [-0.2, -0.15) is 0 Å². The van der Waals surface area contributed by atoms with Crippen LogP contribution in [0.4, 0.5) is 5.69 Å². The van der Waals surface area contributed by atoms with Gasteiger partial charge in [0.05, 0.1) is 22.6 Å². The van der Waals surface area contributed by atoms with Crippen molar-refractivity contribution in [3.05, 3.63) is 48.5 Å². The first kappa shape index (κ1) is 12.4. The average molecular weight is 263 g/mol. The zero-order valence-electron chi connectivity index (χ0n) is 9.83. The van der Waals surface area contributed by atoms with Crippen molar-refractivity contribution in [2.45, 2.75) is 9.79 Å². The summed E-state index contributed by atoms with van der Waals surface area (Å²) >= 11 is 0. The second kappa shape index (κ2) is 4.70. The SMILES string of the molecule is COc1ccc(S(=O)(=O)c2ccccc2)cc1N. The summed E-state index contributed by atoms with van der Waals surface area (Å²) in [6.45, 7) is 0. The van der Waals surface area contributed by atoms with Gasteiger partial charge in [-0.25, -0.2) is 8.42 Å². The van der Waals surface area contributed by atoms with Crippen molar-refractivity contribution >= 4 is 15.5 Å². The molecule has 94 valence electrons. The minimum absolute atomic E-state index is 0.159. The number of anilines is 1. The Morgan fingerprint density at radius 1 is 1.00 bits per heavy atom. The Kier molecular flexibility index (Phi) is 3.25. The van der Waals surface area contributed by atoms with Gasteiger partial charge in [0.25, 0.3) is 0 Å². The summed E-state index contributed by atoms with van der Waals surface area (Å²) in [5, 5.41) is 0. The predicted octanol–water partition coefficient (Wildman–Crippen LogP) is 2.11. The van der Waals surface area contributed by atoms with Crippen LogP contribution in [-0.2, 0) is 9.84 Å². The normalized spacial score (nSPS) is 11.2. The zero-order chi connectivity index (χ0) is 13.2. The zero-order valence-corrected chi connectivity index (χ0v) is 10.6. The molecule has 0 saturated carbocycles. The van der Waals surface area contributed by atoms with E-state index in [1.807, 2.05) is 0 Å². The number of benzene rings is 2. The summed E-state index contributed by atoms with van der Waals surface area (Å²) in [6, 6.07) is 12.7. The van der Waals surface area contributed by atoms with Crippen molar-refractivity contribution in [2.24, 2.45) is 0 Å². The van der Waals surface area contributed by atoms with E-state index >= 15 is 0 Å². The van der Waals surface area contributed by atoms with Crippen molar-refractivity contribution in [1.29, 1.82) is 0 Å². The maximum atomic E-state index is 12.3. The Morgan fingerprint density at radius 3 is 2.22 bits per heavy atom. The highest BCUT2D eigenvalue weighted by Gasteiger charge is 2.18. The monoisotopic (exact) mass is 263 g/mol. The molecular weight excluding hydrogens is 250 g/mol. The standard InChI is InChI=1S/C13H13NO3S/c1-17-13-8-7-11(9-12(13)14)18(15,16)10-5-3-2-4-6-10/h2-9H,14H2,1H3. The molecule has 0 aliphatic carbocycles. The van der Waals surface area contributed by atoms with Crippen LogP contribution in [0.5, 0.6) is 5.75 Å². The molecular formula is C13H13NO3S. The Labute approximate surface area is 106 Å². The minimum atomic E-state index is -3.52. The highest BCUT2D eigenvalue weighted by molar-refractivity contribution is 7.91. The Morgan fingerprint density at radius 2 is 1.67 bits per heavy atom. The molecule has 0 fully saturated rings. The van der Waals surface area contributed by atoms with Gasteiger partial charge < -0.3 is 10.5 Å². The fourth-order valence-electron chi connectivity index (χ4n) is 1.62. The second-order valence-electron chi connectivity index (χ2n) is 3.72. The van der Waals surface area contributed by atoms with Crippen molar-refractivity contribution in [3.8, 4) is 5.75 Å². The summed E-state index contributed by atoms with van der Waals surface area (Å²) in [6.07, 6.45) is 0. The van der Waals surface area contributed by atoms with Crippen LogP contribution in [0.2, 0.25) is 0 Å². The van der Waals surface area contributed by atoms with E-state index < -0.39 is 9.84 Å². The molecule has 0 bridgehead atoms. The van der Waals surface area contributed by atoms with Crippen LogP contribution >= 0.6 is 0 Å². The average Bonchev–Trinajstić information content (AvgIpc) is 2.39. The predicted molar refractivity (Wildman–Crippen MR) is 69.3 cm³/mol. The Hall–Kier alpha value is -2.01. The summed E-state index contributed by atoms with van der Waals surface area (Å²) in [7, 11) is -2.04. The number of ether oxygens (including phenoxy) is 1. The lowest BCUT2D eigenvalue weighted by Gasteiger charge is -2.08. The third-order valence-electron chi connectivity index (χ3n) is 2.56. The lowest BCUT2D eigenvalue weighted by Crippen LogP contribution is -2.03. The quantitative estimate of drug-likeness (QED) is 0.861. The first-order valence-corrected chi connectivity index (χ1v) is 6.77. The molecule has 18 heavy (non-hydrogen) atoms. The summed E-state index contributed by atoms with van der Waals surface area (Å²) in [4.78, 5) is 0.404. The van der Waals surface area contributed by atoms with Gasteiger partial charge in [-0.1, -0.05) is 18.2 Å². The topological polar surface area (TPSA) is 69.4 Å². The van der Waals surface area contributed by atoms with Crippen molar-refractivity contribution in [2.75, 3.05) is 12.8 Å². The van der Waals surface area contributed by atoms with E-state index in [0.29, 0.717) is 11.4 Å². The molecule has 0 radical (unpaired) electrons. The van der Waals surface area contributed by atoms with Gasteiger partial charge in [-0.15, -0.1) is 0 Å². The van der Waals surface area contributed by atoms with Gasteiger partial charge >= 0.3 is 0 Å². The van der Waals surface area contributed by atoms with Crippen LogP contribution in [-0.4, -0.2) is 15.5 Å². The number of nitrogens with two attached hydrogens (primary N) is 1. The van der Waals surface area contributed by atoms with E-state index in [2.05, 4.69) is 0 Å². The van der Waals surface area contributed by atoms with Crippen molar-refractivity contribution < 1.29 is 13.2 Å². The molecule has 0 atom stereocenters. The van der Waals surface area contributed by atoms with Gasteiger partial charge in [0.1, 0.15) is 5.75 Å². The molecule has 2 N–H and O–H groups in total. The van der Waals surface area contributed by atoms with E-state index in [4.69, 9.17) is 10.5 Å². The fraction of sp³-hybridized carbons (Fsp3) is 0.0769. The van der Waals surface area contributed by atoms with Gasteiger partial charge in [0.2, 0.25) is 9.84 Å². The molecule has 0 saturated heterocycles. The molecule has 0 amide bonds. The molecule has 0 aromatic heterocycles. The summed E-state index contributed by atoms with van der Waals surface area (Å²) < 4.78 is 29.6. The molecule has 0 heterocycles. The van der Waals surface area contributed by atoms with Crippen LogP contribution in [0.1, 0.15) is 0 Å². The third kappa shape index (κ3) is 2.17. The largest absolute Gasteiger partial charge is 0.495 e. The maximum absolute atomic E-state index is 12.3. The number of methoxy groups -OCH3 is 1. The van der Waals surface area contributed by atoms with Crippen LogP contribution in [0, 0.1) is 0 Å². The highest BCUT2D eigenvalue weighted by Crippen LogP contribution is 2.27. The van der Waals surface area contributed by atoms with E-state index in [0.717, 1.165) is 0 Å². The highest BCUT2D eigenvalue weighted by atomic mass is 32.2. The molecule has 5 heteroatoms. The van der Waals surface area contributed by atoms with Gasteiger partial charge in [0, 0.05) is 0 Å². The lowest BCUT2D eigenvalue weighted by molar-refractivity contribution is 0.416. The van der Waals surface area contributed by atoms with Crippen molar-refractivity contribution in [3.63, 3.8) is 0 Å². The first-order valence-electron chi connectivity index (χ1n) is 5.29. The van der Waals surface area contributed by atoms with Gasteiger partial charge in [-0.3, -0.25) is 0 Å². The Bertz CT molecular complexity index is 651. The Balaban J connectivity index is 2.52. The minimum Gasteiger partial charge on any atom is -0.495 e. The lowest BCUT2D eigenvalue weighted by atomic mass is 10.3. The molecule has 4 nitrogen and oxygen atoms in total. The number of nitrogen functional groups attached to an aromatic ring is 1. The van der Waals surface area contributed by atoms with Gasteiger partial charge in [-0.05, 0) is 30.3 Å².